The fourth-order valence-corrected chi connectivity index (χ4v) is 13.4. The van der Waals surface area contributed by atoms with Crippen LogP contribution in [0.5, 0.6) is 11.5 Å². The monoisotopic (exact) mass is 992 g/mol. The van der Waals surface area contributed by atoms with E-state index in [1.807, 2.05) is 0 Å². The molecule has 0 radical (unpaired) electrons. The second-order valence-corrected chi connectivity index (χ2v) is 22.4. The fraction of sp³-hybridized carbons (Fsp3) is 0.450. The summed E-state index contributed by atoms with van der Waals surface area (Å²) in [6, 6.07) is 15.2. The van der Waals surface area contributed by atoms with Crippen LogP contribution in [0, 0.1) is 0 Å². The van der Waals surface area contributed by atoms with E-state index in [1.54, 1.807) is 20.8 Å². The topological polar surface area (TPSA) is 169 Å². The number of thiophene rings is 2. The average Bonchev–Trinajstić information content (AvgIpc) is 3.94. The molecule has 2 fully saturated rings. The van der Waals surface area contributed by atoms with E-state index in [1.165, 1.54) is 48.5 Å². The number of carbonyl (C=O) groups excluding carboxylic acids is 1. The molecule has 0 aliphatic carbocycles. The van der Waals surface area contributed by atoms with Gasteiger partial charge in [0.2, 0.25) is 19.7 Å². The maximum Gasteiger partial charge on any atom is 0.461 e. The Kier molecular flexibility index (Phi) is 15.2. The molecule has 4 heterocycles. The molecule has 2 aliphatic heterocycles. The zero-order valence-corrected chi connectivity index (χ0v) is 37.1. The molecule has 0 saturated carbocycles. The summed E-state index contributed by atoms with van der Waals surface area (Å²) in [7, 11) is -8.39. The summed E-state index contributed by atoms with van der Waals surface area (Å²) in [4.78, 5) is 25.8. The van der Waals surface area contributed by atoms with E-state index in [0.717, 1.165) is 46.9 Å². The minimum Gasteiger partial charge on any atom is -0.480 e. The summed E-state index contributed by atoms with van der Waals surface area (Å²) in [6.45, 7) is 5.14. The number of carboxylic acid groups (broad SMARTS) is 1. The third kappa shape index (κ3) is 10.8. The fourth-order valence-electron chi connectivity index (χ4n) is 6.36. The molecule has 2 aromatic carbocycles. The minimum atomic E-state index is -4.64. The van der Waals surface area contributed by atoms with Crippen LogP contribution < -0.4 is 9.47 Å². The van der Waals surface area contributed by atoms with Gasteiger partial charge < -0.3 is 28.8 Å². The Morgan fingerprint density at radius 2 is 0.953 bits per heavy atom. The number of sulfone groups is 2. The number of ether oxygens (including phenoxy) is 5. The smallest absolute Gasteiger partial charge is 0.461 e. The zero-order valence-electron chi connectivity index (χ0n) is 33.8. The highest BCUT2D eigenvalue weighted by molar-refractivity contribution is 7.96. The molecule has 1 N–H and O–H groups in total. The van der Waals surface area contributed by atoms with Gasteiger partial charge >= 0.3 is 37.0 Å². The highest BCUT2D eigenvalue weighted by Crippen LogP contribution is 2.43. The maximum absolute atomic E-state index is 13.6. The van der Waals surface area contributed by atoms with Gasteiger partial charge in [-0.15, -0.1) is 22.7 Å². The van der Waals surface area contributed by atoms with Crippen LogP contribution >= 0.6 is 22.7 Å². The van der Waals surface area contributed by atoms with Crippen molar-refractivity contribution in [3.05, 3.63) is 72.8 Å². The molecule has 0 unspecified atom stereocenters. The van der Waals surface area contributed by atoms with Gasteiger partial charge in [0.1, 0.15) is 25.5 Å². The number of alkyl halides is 8. The predicted octanol–water partition coefficient (Wildman–Crippen LogP) is 9.38. The molecule has 352 valence electrons. The molecule has 0 amide bonds. The Labute approximate surface area is 369 Å². The average molecular weight is 993 g/mol. The number of aliphatic carboxylic acids is 1. The first-order chi connectivity index (χ1) is 29.7. The van der Waals surface area contributed by atoms with E-state index in [2.05, 4.69) is 9.47 Å². The third-order valence-electron chi connectivity index (χ3n) is 9.78. The largest absolute Gasteiger partial charge is 0.480 e. The van der Waals surface area contributed by atoms with Crippen molar-refractivity contribution in [2.24, 2.45) is 0 Å². The summed E-state index contributed by atoms with van der Waals surface area (Å²) in [6.07, 6.45) is -17.7. The second kappa shape index (κ2) is 19.2. The van der Waals surface area contributed by atoms with E-state index in [0.29, 0.717) is 20.9 Å². The van der Waals surface area contributed by atoms with Crippen molar-refractivity contribution in [2.45, 2.75) is 95.0 Å². The molecule has 64 heavy (non-hydrogen) atoms. The molecule has 24 heteroatoms. The van der Waals surface area contributed by atoms with Gasteiger partial charge in [0.15, 0.2) is 9.49 Å². The van der Waals surface area contributed by atoms with Gasteiger partial charge in [-0.05, 0) is 105 Å². The Hall–Kier alpha value is -4.36. The van der Waals surface area contributed by atoms with Crippen molar-refractivity contribution in [3.63, 3.8) is 0 Å². The number of carboxylic acids is 1. The van der Waals surface area contributed by atoms with Crippen LogP contribution in [0.15, 0.2) is 81.2 Å². The van der Waals surface area contributed by atoms with Crippen LogP contribution in [0.25, 0.3) is 20.9 Å². The van der Waals surface area contributed by atoms with Crippen LogP contribution in [-0.2, 0) is 43.5 Å². The van der Waals surface area contributed by atoms with Gasteiger partial charge in [0.05, 0.1) is 0 Å². The molecular weight excluding hydrogens is 953 g/mol. The molecule has 12 nitrogen and oxygen atoms in total. The van der Waals surface area contributed by atoms with Crippen LogP contribution in [0.4, 0.5) is 35.1 Å². The van der Waals surface area contributed by atoms with E-state index in [4.69, 9.17) is 14.2 Å². The minimum absolute atomic E-state index is 0.00841. The number of hydrogen-bond acceptors (Lipinski definition) is 13. The first-order valence-corrected chi connectivity index (χ1v) is 23.5. The number of hydrogen-bond donors (Lipinski definition) is 1. The first-order valence-electron chi connectivity index (χ1n) is 18.9. The molecule has 4 aromatic rings. The Morgan fingerprint density at radius 1 is 0.609 bits per heavy atom. The molecule has 2 aliphatic rings. The van der Waals surface area contributed by atoms with E-state index in [9.17, 15) is 66.7 Å². The lowest BCUT2D eigenvalue weighted by Crippen LogP contribution is -2.52. The van der Waals surface area contributed by atoms with Gasteiger partial charge in [-0.1, -0.05) is 0 Å². The third-order valence-corrected chi connectivity index (χ3v) is 18.0. The lowest BCUT2D eigenvalue weighted by molar-refractivity contribution is -0.253. The van der Waals surface area contributed by atoms with E-state index in [-0.39, 0.29) is 60.5 Å². The highest BCUT2D eigenvalue weighted by atomic mass is 32.2. The summed E-state index contributed by atoms with van der Waals surface area (Å²) in [5, 5.41) is 9.61. The number of carbonyl (C=O) groups is 2. The van der Waals surface area contributed by atoms with Crippen LogP contribution in [0.2, 0.25) is 0 Å². The second-order valence-electron chi connectivity index (χ2n) is 15.2. The van der Waals surface area contributed by atoms with Crippen molar-refractivity contribution in [1.29, 1.82) is 0 Å². The van der Waals surface area contributed by atoms with Crippen molar-refractivity contribution in [3.8, 4) is 32.4 Å². The summed E-state index contributed by atoms with van der Waals surface area (Å²) < 4.78 is 174. The molecule has 2 saturated heterocycles. The SMILES string of the molecule is CC(C)(C)OC(=O)C1(S(=O)(=O)c2ccc(-c3ccc(OC(F)(F)C(F)F)cc3)s2)CCOCC1.O=C(O)C1(S(=O)(=O)c2ccc(-c3ccc(OC(F)(F)C(F)F)cc3)s2)CCOCC1. The summed E-state index contributed by atoms with van der Waals surface area (Å²) in [5.41, 5.74) is -0.00770. The first kappa shape index (κ1) is 50.6. The number of halogens is 8. The van der Waals surface area contributed by atoms with Crippen LogP contribution in [0.1, 0.15) is 46.5 Å². The lowest BCUT2D eigenvalue weighted by atomic mass is 9.99. The molecule has 0 bridgehead atoms. The molecular formula is C40H40F8O12S4. The molecule has 2 aromatic heterocycles. The quantitative estimate of drug-likeness (QED) is 0.0940. The van der Waals surface area contributed by atoms with Gasteiger partial charge in [-0.25, -0.2) is 16.8 Å². The van der Waals surface area contributed by atoms with Crippen molar-refractivity contribution < 1.29 is 90.3 Å². The van der Waals surface area contributed by atoms with Gasteiger partial charge in [0, 0.05) is 61.9 Å². The zero-order chi connectivity index (χ0) is 47.5. The highest BCUT2D eigenvalue weighted by Gasteiger charge is 2.55. The molecule has 6 rings (SSSR count). The molecule has 0 atom stereocenters. The standard InChI is InChI=1S/C22H24F4O6S2.C18H16F4O6S2/c1-20(2,3)32-19(27)21(10-12-30-13-11-21)34(28,29)17-9-8-16(33-17)14-4-6-15(7-5-14)31-22(25,26)18(23)24;19-15(20)18(21,22)28-12-3-1-11(2-4-12)13-5-6-14(29-13)30(25,26)17(16(23)24)7-9-27-10-8-17/h4-9,18H,10-13H2,1-3H3;1-6,15H,7-10H2,(H,23,24). The van der Waals surface area contributed by atoms with E-state index < -0.39 is 83.3 Å². The Bertz CT molecular complexity index is 2470. The van der Waals surface area contributed by atoms with Crippen LogP contribution in [-0.4, -0.2) is 100 Å². The Balaban J connectivity index is 0.000000243. The summed E-state index contributed by atoms with van der Waals surface area (Å²) >= 11 is 1.72. The predicted molar refractivity (Wildman–Crippen MR) is 216 cm³/mol. The number of esters is 1. The normalized spacial score (nSPS) is 17.0. The molecule has 0 spiro atoms. The summed E-state index contributed by atoms with van der Waals surface area (Å²) in [5.74, 6) is -3.23. The van der Waals surface area contributed by atoms with Crippen LogP contribution in [0.3, 0.4) is 0 Å². The van der Waals surface area contributed by atoms with E-state index >= 15 is 0 Å². The number of rotatable bonds is 14. The van der Waals surface area contributed by atoms with Gasteiger partial charge in [-0.2, -0.15) is 35.1 Å². The van der Waals surface area contributed by atoms with Crippen molar-refractivity contribution in [1.82, 2.24) is 0 Å². The van der Waals surface area contributed by atoms with Crippen molar-refractivity contribution in [2.75, 3.05) is 26.4 Å². The van der Waals surface area contributed by atoms with Gasteiger partial charge in [-0.3, -0.25) is 9.59 Å². The Morgan fingerprint density at radius 3 is 1.28 bits per heavy atom. The van der Waals surface area contributed by atoms with Crippen molar-refractivity contribution >= 4 is 54.3 Å². The maximum atomic E-state index is 13.6. The van der Waals surface area contributed by atoms with Gasteiger partial charge in [0.25, 0.3) is 0 Å². The lowest BCUT2D eigenvalue weighted by Gasteiger charge is -2.36. The number of benzene rings is 2.